The zero-order valence-electron chi connectivity index (χ0n) is 7.01. The molecule has 0 aliphatic carbocycles. The van der Waals surface area contributed by atoms with Gasteiger partial charge in [0.25, 0.3) is 0 Å². The molecule has 1 rings (SSSR count). The Morgan fingerprint density at radius 2 is 2.00 bits per heavy atom. The predicted octanol–water partition coefficient (Wildman–Crippen LogP) is 1.87. The van der Waals surface area contributed by atoms with Crippen molar-refractivity contribution in [3.63, 3.8) is 0 Å². The second-order valence-corrected chi connectivity index (χ2v) is 4.52. The van der Waals surface area contributed by atoms with Gasteiger partial charge in [0.2, 0.25) is 5.51 Å². The van der Waals surface area contributed by atoms with Crippen LogP contribution in [0, 0.1) is 0 Å². The van der Waals surface area contributed by atoms with Gasteiger partial charge < -0.3 is 0 Å². The Labute approximate surface area is 66.3 Å². The lowest BCUT2D eigenvalue weighted by molar-refractivity contribution is -0.666. The Hall–Kier alpha value is -0.370. The predicted molar refractivity (Wildman–Crippen MR) is 44.2 cm³/mol. The van der Waals surface area contributed by atoms with Crippen LogP contribution >= 0.6 is 11.3 Å². The quantitative estimate of drug-likeness (QED) is 0.505. The molecule has 0 unspecified atom stereocenters. The van der Waals surface area contributed by atoms with Crippen LogP contribution in [0.1, 0.15) is 25.6 Å². The average Bonchev–Trinajstić information content (AvgIpc) is 2.11. The van der Waals surface area contributed by atoms with E-state index < -0.39 is 0 Å². The van der Waals surface area contributed by atoms with Crippen molar-refractivity contribution in [3.05, 3.63) is 16.6 Å². The Morgan fingerprint density at radius 1 is 1.40 bits per heavy atom. The number of aromatic nitrogens is 1. The van der Waals surface area contributed by atoms with Crippen molar-refractivity contribution < 1.29 is 4.57 Å². The van der Waals surface area contributed by atoms with Crippen molar-refractivity contribution in [1.29, 1.82) is 0 Å². The highest BCUT2D eigenvalue weighted by Gasteiger charge is 2.18. The maximum absolute atomic E-state index is 2.23. The number of hydrogen-bond donors (Lipinski definition) is 0. The maximum atomic E-state index is 2.23. The number of aryl methyl sites for hydroxylation is 1. The number of nitrogens with zero attached hydrogens (tertiary/aromatic N) is 1. The molecule has 0 aromatic carbocycles. The third kappa shape index (κ3) is 1.57. The summed E-state index contributed by atoms with van der Waals surface area (Å²) in [5, 5.41) is 0. The van der Waals surface area contributed by atoms with Crippen molar-refractivity contribution in [2.75, 3.05) is 0 Å². The fourth-order valence-corrected chi connectivity index (χ4v) is 1.68. The first-order chi connectivity index (χ1) is 4.50. The van der Waals surface area contributed by atoms with Gasteiger partial charge in [-0.3, -0.25) is 0 Å². The van der Waals surface area contributed by atoms with Crippen LogP contribution in [0.5, 0.6) is 0 Å². The van der Waals surface area contributed by atoms with E-state index in [1.807, 2.05) is 11.3 Å². The molecule has 0 spiro atoms. The molecule has 0 saturated carbocycles. The molecule has 0 atom stereocenters. The van der Waals surface area contributed by atoms with Gasteiger partial charge in [-0.25, -0.2) is 0 Å². The Bertz CT molecular complexity index is 219. The summed E-state index contributed by atoms with van der Waals surface area (Å²) in [6, 6.07) is 0. The van der Waals surface area contributed by atoms with Crippen LogP contribution in [-0.2, 0) is 12.5 Å². The monoisotopic (exact) mass is 156 g/mol. The topological polar surface area (TPSA) is 3.88 Å². The van der Waals surface area contributed by atoms with Crippen LogP contribution in [0.4, 0.5) is 0 Å². The third-order valence-electron chi connectivity index (χ3n) is 1.41. The fourth-order valence-electron chi connectivity index (χ4n) is 0.756. The standard InChI is InChI=1S/C8H14NS/c1-8(2,3)7-5-9(4)6-10-7/h5-6H,1-4H3/q+1. The van der Waals surface area contributed by atoms with Crippen LogP contribution in [0.3, 0.4) is 0 Å². The van der Waals surface area contributed by atoms with E-state index in [2.05, 4.69) is 44.1 Å². The summed E-state index contributed by atoms with van der Waals surface area (Å²) in [6.45, 7) is 6.70. The second kappa shape index (κ2) is 2.35. The molecule has 2 heteroatoms. The van der Waals surface area contributed by atoms with Crippen molar-refractivity contribution in [1.82, 2.24) is 0 Å². The molecule has 0 aliphatic heterocycles. The SMILES string of the molecule is C[n+]1csc(C(C)(C)C)c1. The summed E-state index contributed by atoms with van der Waals surface area (Å²) in [6.07, 6.45) is 2.19. The van der Waals surface area contributed by atoms with E-state index in [9.17, 15) is 0 Å². The lowest BCUT2D eigenvalue weighted by atomic mass is 9.96. The molecule has 56 valence electrons. The Morgan fingerprint density at radius 3 is 2.20 bits per heavy atom. The molecule has 0 aliphatic rings. The summed E-state index contributed by atoms with van der Waals surface area (Å²) in [4.78, 5) is 1.44. The van der Waals surface area contributed by atoms with Gasteiger partial charge in [0.1, 0.15) is 7.05 Å². The molecule has 1 heterocycles. The van der Waals surface area contributed by atoms with E-state index in [-0.39, 0.29) is 0 Å². The third-order valence-corrected chi connectivity index (χ3v) is 2.82. The molecule has 0 fully saturated rings. The van der Waals surface area contributed by atoms with E-state index in [0.29, 0.717) is 5.41 Å². The van der Waals surface area contributed by atoms with Crippen molar-refractivity contribution in [3.8, 4) is 0 Å². The van der Waals surface area contributed by atoms with E-state index in [0.717, 1.165) is 0 Å². The van der Waals surface area contributed by atoms with Gasteiger partial charge in [0.05, 0.1) is 4.88 Å². The maximum Gasteiger partial charge on any atom is 0.224 e. The Balaban J connectivity index is 2.96. The molecule has 1 nitrogen and oxygen atoms in total. The van der Waals surface area contributed by atoms with Crippen LogP contribution in [-0.4, -0.2) is 0 Å². The summed E-state index contributed by atoms with van der Waals surface area (Å²) >= 11 is 1.82. The van der Waals surface area contributed by atoms with E-state index in [1.165, 1.54) is 4.88 Å². The summed E-state index contributed by atoms with van der Waals surface area (Å²) in [7, 11) is 2.06. The van der Waals surface area contributed by atoms with Gasteiger partial charge in [-0.2, -0.15) is 4.57 Å². The molecule has 0 bridgehead atoms. The zero-order valence-corrected chi connectivity index (χ0v) is 7.83. The molecule has 1 aromatic heterocycles. The first-order valence-corrected chi connectivity index (χ1v) is 4.32. The molecule has 10 heavy (non-hydrogen) atoms. The summed E-state index contributed by atoms with van der Waals surface area (Å²) in [5.41, 5.74) is 2.44. The molecule has 0 amide bonds. The summed E-state index contributed by atoms with van der Waals surface area (Å²) < 4.78 is 2.10. The van der Waals surface area contributed by atoms with Gasteiger partial charge in [-0.15, -0.1) is 0 Å². The van der Waals surface area contributed by atoms with Gasteiger partial charge in [-0.05, 0) is 0 Å². The first kappa shape index (κ1) is 7.73. The van der Waals surface area contributed by atoms with Crippen LogP contribution in [0.25, 0.3) is 0 Å². The molecule has 1 aromatic rings. The number of hydrogen-bond acceptors (Lipinski definition) is 1. The van der Waals surface area contributed by atoms with E-state index >= 15 is 0 Å². The minimum absolute atomic E-state index is 0.311. The van der Waals surface area contributed by atoms with Crippen LogP contribution in [0.15, 0.2) is 11.7 Å². The summed E-state index contributed by atoms with van der Waals surface area (Å²) in [5.74, 6) is 0. The Kier molecular flexibility index (Phi) is 1.82. The highest BCUT2D eigenvalue weighted by Crippen LogP contribution is 2.23. The lowest BCUT2D eigenvalue weighted by Gasteiger charge is -2.12. The minimum atomic E-state index is 0.311. The van der Waals surface area contributed by atoms with Crippen LogP contribution in [0.2, 0.25) is 0 Å². The molecular weight excluding hydrogens is 142 g/mol. The van der Waals surface area contributed by atoms with Gasteiger partial charge in [0, 0.05) is 5.41 Å². The normalized spacial score (nSPS) is 12.0. The van der Waals surface area contributed by atoms with E-state index in [1.54, 1.807) is 0 Å². The van der Waals surface area contributed by atoms with Crippen molar-refractivity contribution >= 4 is 11.3 Å². The molecular formula is C8H14NS+. The average molecular weight is 156 g/mol. The highest BCUT2D eigenvalue weighted by molar-refractivity contribution is 7.09. The smallest absolute Gasteiger partial charge is 0.198 e. The van der Waals surface area contributed by atoms with Crippen LogP contribution < -0.4 is 4.57 Å². The first-order valence-electron chi connectivity index (χ1n) is 3.44. The van der Waals surface area contributed by atoms with Gasteiger partial charge in [-0.1, -0.05) is 32.1 Å². The van der Waals surface area contributed by atoms with Crippen molar-refractivity contribution in [2.45, 2.75) is 26.2 Å². The minimum Gasteiger partial charge on any atom is -0.198 e. The van der Waals surface area contributed by atoms with E-state index in [4.69, 9.17) is 0 Å². The highest BCUT2D eigenvalue weighted by atomic mass is 32.1. The zero-order chi connectivity index (χ0) is 7.78. The second-order valence-electron chi connectivity index (χ2n) is 3.63. The molecule has 0 saturated heterocycles. The number of thiazole rings is 1. The molecule has 0 radical (unpaired) electrons. The fraction of sp³-hybridized carbons (Fsp3) is 0.625. The van der Waals surface area contributed by atoms with Gasteiger partial charge in [0.15, 0.2) is 6.20 Å². The largest absolute Gasteiger partial charge is 0.224 e. The number of rotatable bonds is 0. The lowest BCUT2D eigenvalue weighted by Crippen LogP contribution is -2.24. The van der Waals surface area contributed by atoms with Gasteiger partial charge >= 0.3 is 0 Å². The van der Waals surface area contributed by atoms with Crippen molar-refractivity contribution in [2.24, 2.45) is 7.05 Å². The molecule has 0 N–H and O–H groups in total.